The van der Waals surface area contributed by atoms with Gasteiger partial charge in [-0.15, -0.1) is 0 Å². The minimum atomic E-state index is 0.494. The van der Waals surface area contributed by atoms with Crippen molar-refractivity contribution in [2.75, 3.05) is 14.2 Å². The zero-order valence-corrected chi connectivity index (χ0v) is 12.4. The lowest BCUT2D eigenvalue weighted by molar-refractivity contribution is 0.391. The summed E-state index contributed by atoms with van der Waals surface area (Å²) in [5, 5.41) is 0. The molecule has 0 saturated heterocycles. The van der Waals surface area contributed by atoms with E-state index in [1.165, 1.54) is 5.56 Å². The van der Waals surface area contributed by atoms with Gasteiger partial charge in [-0.3, -0.25) is 0 Å². The molecule has 0 bridgehead atoms. The summed E-state index contributed by atoms with van der Waals surface area (Å²) in [5.74, 6) is 2.09. The number of methoxy groups -OCH3 is 2. The van der Waals surface area contributed by atoms with E-state index in [-0.39, 0.29) is 0 Å². The quantitative estimate of drug-likeness (QED) is 0.766. The molecular weight excluding hydrogens is 272 g/mol. The van der Waals surface area contributed by atoms with Gasteiger partial charge in [-0.2, -0.15) is 0 Å². The van der Waals surface area contributed by atoms with Gasteiger partial charge < -0.3 is 9.47 Å². The molecule has 0 aliphatic carbocycles. The average Bonchev–Trinajstić information content (AvgIpc) is 2.48. The van der Waals surface area contributed by atoms with Gasteiger partial charge in [-0.05, 0) is 23.3 Å². The first-order valence-corrected chi connectivity index (χ1v) is 7.21. The largest absolute Gasteiger partial charge is 0.497 e. The van der Waals surface area contributed by atoms with Crippen LogP contribution < -0.4 is 9.47 Å². The van der Waals surface area contributed by atoms with Crippen LogP contribution in [0.2, 0.25) is 0 Å². The lowest BCUT2D eigenvalue weighted by atomic mass is 10.0. The van der Waals surface area contributed by atoms with Crippen LogP contribution in [0.5, 0.6) is 11.5 Å². The maximum Gasteiger partial charge on any atom is 0.463 e. The van der Waals surface area contributed by atoms with Crippen LogP contribution in [0.4, 0.5) is 0 Å². The van der Waals surface area contributed by atoms with Crippen molar-refractivity contribution in [3.63, 3.8) is 0 Å². The molecule has 0 aliphatic heterocycles. The summed E-state index contributed by atoms with van der Waals surface area (Å²) < 4.78 is 21.2. The third kappa shape index (κ3) is 3.54. The van der Waals surface area contributed by atoms with Gasteiger partial charge in [-0.25, -0.2) is 0 Å². The van der Waals surface area contributed by atoms with Crippen LogP contribution in [-0.4, -0.2) is 14.2 Å². The Morgan fingerprint density at radius 3 is 2.50 bits per heavy atom. The van der Waals surface area contributed by atoms with Crippen LogP contribution >= 0.6 is 0 Å². The van der Waals surface area contributed by atoms with Gasteiger partial charge in [0.25, 0.3) is 5.75 Å². The first-order chi connectivity index (χ1) is 9.76. The van der Waals surface area contributed by atoms with Crippen molar-refractivity contribution < 1.29 is 13.7 Å². The first kappa shape index (κ1) is 14.5. The standard InChI is InChI=1S/C16H17O3S/c1-18-15-7-6-14(16(10-15)19-2)9-12-4-3-5-13(8-12)11-20-17/h3-8,10H,9,11H2,1-2H3/q+1. The van der Waals surface area contributed by atoms with E-state index < -0.39 is 0 Å². The SMILES string of the molecule is COc1ccc(Cc2cccc(C[S+]=O)c2)c(OC)c1. The summed E-state index contributed by atoms with van der Waals surface area (Å²) in [6, 6.07) is 13.9. The number of ether oxygens (including phenoxy) is 2. The van der Waals surface area contributed by atoms with E-state index in [1.54, 1.807) is 14.2 Å². The van der Waals surface area contributed by atoms with Gasteiger partial charge in [-0.1, -0.05) is 24.3 Å². The van der Waals surface area contributed by atoms with Crippen molar-refractivity contribution in [3.05, 3.63) is 59.2 Å². The summed E-state index contributed by atoms with van der Waals surface area (Å²) in [5.41, 5.74) is 3.32. The van der Waals surface area contributed by atoms with E-state index >= 15 is 0 Å². The van der Waals surface area contributed by atoms with Crippen LogP contribution in [0, 0.1) is 0 Å². The molecule has 0 radical (unpaired) electrons. The van der Waals surface area contributed by atoms with Crippen LogP contribution in [0.1, 0.15) is 16.7 Å². The van der Waals surface area contributed by atoms with Crippen LogP contribution in [0.15, 0.2) is 42.5 Å². The van der Waals surface area contributed by atoms with E-state index in [0.29, 0.717) is 17.4 Å². The molecule has 0 atom stereocenters. The predicted octanol–water partition coefficient (Wildman–Crippen LogP) is 3.22. The molecule has 4 heteroatoms. The molecule has 20 heavy (non-hydrogen) atoms. The molecule has 0 unspecified atom stereocenters. The highest BCUT2D eigenvalue weighted by molar-refractivity contribution is 7.64. The summed E-state index contributed by atoms with van der Waals surface area (Å²) >= 11 is 0.591. The molecule has 2 aromatic carbocycles. The van der Waals surface area contributed by atoms with Gasteiger partial charge in [0.1, 0.15) is 11.5 Å². The molecule has 0 heterocycles. The minimum absolute atomic E-state index is 0.494. The lowest BCUT2D eigenvalue weighted by Crippen LogP contribution is -1.96. The lowest BCUT2D eigenvalue weighted by Gasteiger charge is -2.10. The Hall–Kier alpha value is -1.94. The Bertz CT molecular complexity index is 596. The summed E-state index contributed by atoms with van der Waals surface area (Å²) in [6.45, 7) is 0. The van der Waals surface area contributed by atoms with E-state index in [1.807, 2.05) is 30.3 Å². The van der Waals surface area contributed by atoms with E-state index in [9.17, 15) is 4.21 Å². The van der Waals surface area contributed by atoms with Crippen molar-refractivity contribution in [2.45, 2.75) is 12.2 Å². The van der Waals surface area contributed by atoms with Crippen molar-refractivity contribution in [1.29, 1.82) is 0 Å². The van der Waals surface area contributed by atoms with Gasteiger partial charge in [0, 0.05) is 22.3 Å². The molecule has 0 spiro atoms. The summed E-state index contributed by atoms with van der Waals surface area (Å²) in [6.07, 6.45) is 0.768. The smallest absolute Gasteiger partial charge is 0.463 e. The molecule has 0 N–H and O–H groups in total. The number of benzene rings is 2. The van der Waals surface area contributed by atoms with Gasteiger partial charge in [0.2, 0.25) is 0 Å². The first-order valence-electron chi connectivity index (χ1n) is 6.30. The van der Waals surface area contributed by atoms with Crippen molar-refractivity contribution in [1.82, 2.24) is 0 Å². The second kappa shape index (κ2) is 7.01. The Balaban J connectivity index is 2.25. The van der Waals surface area contributed by atoms with Gasteiger partial charge in [0.15, 0.2) is 0 Å². The zero-order valence-electron chi connectivity index (χ0n) is 11.6. The van der Waals surface area contributed by atoms with E-state index in [0.717, 1.165) is 29.0 Å². The number of hydrogen-bond acceptors (Lipinski definition) is 3. The van der Waals surface area contributed by atoms with Gasteiger partial charge in [0.05, 0.1) is 14.2 Å². The molecular formula is C16H17O3S+. The zero-order chi connectivity index (χ0) is 14.4. The number of rotatable bonds is 6. The molecule has 0 saturated carbocycles. The second-order valence-electron chi connectivity index (χ2n) is 4.44. The second-order valence-corrected chi connectivity index (χ2v) is 4.96. The molecule has 0 amide bonds. The summed E-state index contributed by atoms with van der Waals surface area (Å²) in [4.78, 5) is 0. The third-order valence-electron chi connectivity index (χ3n) is 3.11. The molecule has 3 nitrogen and oxygen atoms in total. The van der Waals surface area contributed by atoms with E-state index in [4.69, 9.17) is 9.47 Å². The fourth-order valence-electron chi connectivity index (χ4n) is 2.12. The Morgan fingerprint density at radius 1 is 1.00 bits per heavy atom. The van der Waals surface area contributed by atoms with Crippen molar-refractivity contribution in [2.24, 2.45) is 0 Å². The monoisotopic (exact) mass is 289 g/mol. The Kier molecular flexibility index (Phi) is 5.07. The highest BCUT2D eigenvalue weighted by Gasteiger charge is 2.08. The van der Waals surface area contributed by atoms with Gasteiger partial charge >= 0.3 is 11.7 Å². The minimum Gasteiger partial charge on any atom is -0.497 e. The molecule has 0 fully saturated rings. The maximum absolute atomic E-state index is 10.6. The normalized spacial score (nSPS) is 10.1. The molecule has 104 valence electrons. The van der Waals surface area contributed by atoms with Crippen molar-refractivity contribution in [3.8, 4) is 11.5 Å². The fraction of sp³-hybridized carbons (Fsp3) is 0.250. The van der Waals surface area contributed by atoms with E-state index in [2.05, 4.69) is 12.1 Å². The fourth-order valence-corrected chi connectivity index (χ4v) is 2.43. The number of hydrogen-bond donors (Lipinski definition) is 0. The van der Waals surface area contributed by atoms with Crippen molar-refractivity contribution >= 4 is 11.7 Å². The molecule has 0 aromatic heterocycles. The van der Waals surface area contributed by atoms with Crippen LogP contribution in [0.25, 0.3) is 0 Å². The van der Waals surface area contributed by atoms with Crippen LogP contribution in [0.3, 0.4) is 0 Å². The highest BCUT2D eigenvalue weighted by Crippen LogP contribution is 2.26. The maximum atomic E-state index is 10.6. The Morgan fingerprint density at radius 2 is 1.80 bits per heavy atom. The predicted molar refractivity (Wildman–Crippen MR) is 80.5 cm³/mol. The average molecular weight is 289 g/mol. The summed E-state index contributed by atoms with van der Waals surface area (Å²) in [7, 11) is 3.29. The molecule has 2 aromatic rings. The highest BCUT2D eigenvalue weighted by atomic mass is 32.1. The molecule has 2 rings (SSSR count). The molecule has 0 aliphatic rings. The Labute approximate surface area is 123 Å². The van der Waals surface area contributed by atoms with Crippen LogP contribution in [-0.2, 0) is 28.0 Å². The topological polar surface area (TPSA) is 35.5 Å². The third-order valence-corrected chi connectivity index (χ3v) is 3.56.